The first-order valence-corrected chi connectivity index (χ1v) is 11.0. The molecule has 2 N–H and O–H groups in total. The van der Waals surface area contributed by atoms with Gasteiger partial charge in [0.15, 0.2) is 0 Å². The molecule has 1 aliphatic rings. The van der Waals surface area contributed by atoms with E-state index < -0.39 is 11.5 Å². The van der Waals surface area contributed by atoms with Crippen molar-refractivity contribution in [3.8, 4) is 10.6 Å². The number of carbonyl (C=O) groups is 1. The fraction of sp³-hybridized carbons (Fsp3) is 0.304. The van der Waals surface area contributed by atoms with Crippen LogP contribution in [0.2, 0.25) is 0 Å². The molecule has 3 heterocycles. The summed E-state index contributed by atoms with van der Waals surface area (Å²) in [5, 5.41) is 4.61. The number of hydrogen-bond donors (Lipinski definition) is 2. The summed E-state index contributed by atoms with van der Waals surface area (Å²) in [6.45, 7) is 5.32. The minimum atomic E-state index is -0.501. The van der Waals surface area contributed by atoms with Gasteiger partial charge in [0.1, 0.15) is 11.4 Å². The first kappa shape index (κ1) is 21.3. The van der Waals surface area contributed by atoms with Gasteiger partial charge in [-0.05, 0) is 55.1 Å². The van der Waals surface area contributed by atoms with Gasteiger partial charge >= 0.3 is 0 Å². The van der Waals surface area contributed by atoms with Gasteiger partial charge in [-0.2, -0.15) is 0 Å². The van der Waals surface area contributed by atoms with Crippen molar-refractivity contribution in [1.29, 1.82) is 0 Å². The maximum Gasteiger partial charge on any atom is 0.261 e. The molecule has 8 heteroatoms. The number of benzene rings is 1. The van der Waals surface area contributed by atoms with E-state index in [0.717, 1.165) is 4.88 Å². The lowest BCUT2D eigenvalue weighted by Crippen LogP contribution is -2.45. The lowest BCUT2D eigenvalue weighted by molar-refractivity contribution is -0.00539. The number of anilines is 1. The first-order chi connectivity index (χ1) is 14.9. The summed E-state index contributed by atoms with van der Waals surface area (Å²) >= 11 is 1.50. The molecule has 162 valence electrons. The van der Waals surface area contributed by atoms with Gasteiger partial charge in [0.25, 0.3) is 11.5 Å². The molecule has 3 aromatic rings. The summed E-state index contributed by atoms with van der Waals surface area (Å²) in [6.07, 6.45) is 0.0674. The molecule has 1 amide bonds. The summed E-state index contributed by atoms with van der Waals surface area (Å²) in [7, 11) is 0. The van der Waals surface area contributed by atoms with E-state index in [2.05, 4.69) is 10.3 Å². The van der Waals surface area contributed by atoms with Gasteiger partial charge in [0.2, 0.25) is 0 Å². The molecule has 0 bridgehead atoms. The quantitative estimate of drug-likeness (QED) is 0.632. The van der Waals surface area contributed by atoms with Crippen LogP contribution in [-0.4, -0.2) is 36.2 Å². The summed E-state index contributed by atoms with van der Waals surface area (Å²) in [5.41, 5.74) is 1.38. The number of hydrogen-bond acceptors (Lipinski definition) is 5. The van der Waals surface area contributed by atoms with Crippen LogP contribution < -0.4 is 15.8 Å². The molecule has 0 saturated carbocycles. The Bertz CT molecular complexity index is 1120. The molecule has 4 rings (SSSR count). The van der Waals surface area contributed by atoms with Crippen LogP contribution in [0.5, 0.6) is 0 Å². The Morgan fingerprint density at radius 3 is 2.65 bits per heavy atom. The number of halogens is 1. The van der Waals surface area contributed by atoms with Gasteiger partial charge in [-0.25, -0.2) is 4.39 Å². The Kier molecular flexibility index (Phi) is 6.20. The predicted molar refractivity (Wildman–Crippen MR) is 120 cm³/mol. The Labute approximate surface area is 183 Å². The number of carbonyl (C=O) groups excluding carboxylic acids is 1. The SMILES string of the molecule is CC1CN(c2ccc(CNC(=O)c3ccc(-c4cccs4)[nH]c3=O)cc2F)CC(C)O1. The number of nitrogens with zero attached hydrogens (tertiary/aromatic N) is 1. The second-order valence-electron chi connectivity index (χ2n) is 7.72. The van der Waals surface area contributed by atoms with Crippen LogP contribution in [0.3, 0.4) is 0 Å². The minimum absolute atomic E-state index is 0.0219. The highest BCUT2D eigenvalue weighted by Gasteiger charge is 2.24. The summed E-state index contributed by atoms with van der Waals surface area (Å²) < 4.78 is 20.4. The van der Waals surface area contributed by atoms with E-state index in [-0.39, 0.29) is 30.1 Å². The molecule has 0 aliphatic carbocycles. The van der Waals surface area contributed by atoms with E-state index in [1.165, 1.54) is 23.5 Å². The van der Waals surface area contributed by atoms with Gasteiger partial charge < -0.3 is 19.9 Å². The summed E-state index contributed by atoms with van der Waals surface area (Å²) in [6, 6.07) is 11.9. The Hall–Kier alpha value is -2.97. The second kappa shape index (κ2) is 9.03. The fourth-order valence-electron chi connectivity index (χ4n) is 3.80. The van der Waals surface area contributed by atoms with Crippen LogP contribution >= 0.6 is 11.3 Å². The zero-order valence-corrected chi connectivity index (χ0v) is 18.2. The first-order valence-electron chi connectivity index (χ1n) is 10.1. The van der Waals surface area contributed by atoms with E-state index in [0.29, 0.717) is 30.0 Å². The van der Waals surface area contributed by atoms with E-state index in [9.17, 15) is 14.0 Å². The van der Waals surface area contributed by atoms with Gasteiger partial charge in [-0.15, -0.1) is 11.3 Å². The Morgan fingerprint density at radius 2 is 2.00 bits per heavy atom. The number of H-pyrrole nitrogens is 1. The second-order valence-corrected chi connectivity index (χ2v) is 8.67. The lowest BCUT2D eigenvalue weighted by Gasteiger charge is -2.37. The molecule has 2 unspecified atom stereocenters. The fourth-order valence-corrected chi connectivity index (χ4v) is 4.50. The third kappa shape index (κ3) is 4.86. The average molecular weight is 442 g/mol. The molecular formula is C23H24FN3O3S. The lowest BCUT2D eigenvalue weighted by atomic mass is 10.1. The maximum atomic E-state index is 14.7. The van der Waals surface area contributed by atoms with Crippen LogP contribution in [0.4, 0.5) is 10.1 Å². The molecule has 1 aliphatic heterocycles. The van der Waals surface area contributed by atoms with Crippen LogP contribution in [0.1, 0.15) is 29.8 Å². The Morgan fingerprint density at radius 1 is 1.23 bits per heavy atom. The van der Waals surface area contributed by atoms with Crippen LogP contribution in [0.15, 0.2) is 52.6 Å². The molecule has 0 radical (unpaired) electrons. The highest BCUT2D eigenvalue weighted by molar-refractivity contribution is 7.13. The number of pyridine rings is 1. The van der Waals surface area contributed by atoms with Crippen molar-refractivity contribution >= 4 is 22.9 Å². The van der Waals surface area contributed by atoms with E-state index in [1.807, 2.05) is 36.3 Å². The maximum absolute atomic E-state index is 14.7. The molecular weight excluding hydrogens is 417 g/mol. The van der Waals surface area contributed by atoms with Crippen molar-refractivity contribution in [3.05, 3.63) is 75.1 Å². The highest BCUT2D eigenvalue weighted by Crippen LogP contribution is 2.25. The van der Waals surface area contributed by atoms with Gasteiger partial charge in [-0.3, -0.25) is 9.59 Å². The highest BCUT2D eigenvalue weighted by atomic mass is 32.1. The standard InChI is InChI=1S/C23H24FN3O3S/c1-14-12-27(13-15(2)30-14)20-8-5-16(10-18(20)24)11-25-22(28)17-6-7-19(26-23(17)29)21-4-3-9-31-21/h3-10,14-15H,11-13H2,1-2H3,(H,25,28)(H,26,29). The van der Waals surface area contributed by atoms with Crippen molar-refractivity contribution < 1.29 is 13.9 Å². The van der Waals surface area contributed by atoms with Gasteiger partial charge in [0.05, 0.1) is 28.5 Å². The van der Waals surface area contributed by atoms with E-state index >= 15 is 0 Å². The monoisotopic (exact) mass is 441 g/mol. The van der Waals surface area contributed by atoms with Crippen molar-refractivity contribution in [2.24, 2.45) is 0 Å². The smallest absolute Gasteiger partial charge is 0.261 e. The normalized spacial score (nSPS) is 18.7. The van der Waals surface area contributed by atoms with Crippen molar-refractivity contribution in [1.82, 2.24) is 10.3 Å². The van der Waals surface area contributed by atoms with Crippen LogP contribution in [0.25, 0.3) is 10.6 Å². The Balaban J connectivity index is 1.42. The summed E-state index contributed by atoms with van der Waals surface area (Å²) in [5.74, 6) is -0.842. The molecule has 0 spiro atoms. The number of rotatable bonds is 5. The number of thiophene rings is 1. The number of amides is 1. The molecule has 1 saturated heterocycles. The van der Waals surface area contributed by atoms with E-state index in [4.69, 9.17) is 4.74 Å². The molecule has 1 fully saturated rings. The summed E-state index contributed by atoms with van der Waals surface area (Å²) in [4.78, 5) is 30.4. The molecule has 6 nitrogen and oxygen atoms in total. The van der Waals surface area contributed by atoms with Crippen LogP contribution in [-0.2, 0) is 11.3 Å². The largest absolute Gasteiger partial charge is 0.372 e. The van der Waals surface area contributed by atoms with Gasteiger partial charge in [0, 0.05) is 19.6 Å². The number of nitrogens with one attached hydrogen (secondary N) is 2. The number of morpholine rings is 1. The van der Waals surface area contributed by atoms with Crippen molar-refractivity contribution in [2.75, 3.05) is 18.0 Å². The topological polar surface area (TPSA) is 74.4 Å². The van der Waals surface area contributed by atoms with Crippen molar-refractivity contribution in [2.45, 2.75) is 32.6 Å². The van der Waals surface area contributed by atoms with Crippen molar-refractivity contribution in [3.63, 3.8) is 0 Å². The third-order valence-electron chi connectivity index (χ3n) is 5.17. The molecule has 1 aromatic carbocycles. The predicted octanol–water partition coefficient (Wildman–Crippen LogP) is 3.79. The zero-order valence-electron chi connectivity index (χ0n) is 17.4. The molecule has 31 heavy (non-hydrogen) atoms. The third-order valence-corrected chi connectivity index (χ3v) is 6.07. The number of aromatic nitrogens is 1. The average Bonchev–Trinajstić information content (AvgIpc) is 3.26. The minimum Gasteiger partial charge on any atom is -0.372 e. The number of aromatic amines is 1. The van der Waals surface area contributed by atoms with E-state index in [1.54, 1.807) is 18.2 Å². The molecule has 2 atom stereocenters. The molecule has 2 aromatic heterocycles. The van der Waals surface area contributed by atoms with Gasteiger partial charge in [-0.1, -0.05) is 12.1 Å². The number of ether oxygens (including phenoxy) is 1. The van der Waals surface area contributed by atoms with Crippen LogP contribution in [0, 0.1) is 5.82 Å². The zero-order chi connectivity index (χ0) is 22.0.